The summed E-state index contributed by atoms with van der Waals surface area (Å²) < 4.78 is 9.29. The van der Waals surface area contributed by atoms with Crippen LogP contribution in [-0.2, 0) is 6.42 Å². The first-order valence-electron chi connectivity index (χ1n) is 2.93. The highest BCUT2D eigenvalue weighted by Gasteiger charge is 2.02. The molecule has 1 heterocycles. The molecule has 5 heteroatoms. The molecule has 0 fully saturated rings. The minimum absolute atomic E-state index is 0.184. The quantitative estimate of drug-likeness (QED) is 0.622. The molecule has 0 atom stereocenters. The number of aromatic nitrogens is 2. The van der Waals surface area contributed by atoms with E-state index in [0.29, 0.717) is 18.8 Å². The van der Waals surface area contributed by atoms with E-state index in [1.165, 1.54) is 7.11 Å². The zero-order chi connectivity index (χ0) is 7.40. The third kappa shape index (κ3) is 1.44. The molecule has 0 saturated carbocycles. The molecule has 0 saturated heterocycles. The maximum absolute atomic E-state index is 5.25. The van der Waals surface area contributed by atoms with Crippen molar-refractivity contribution in [2.75, 3.05) is 13.7 Å². The van der Waals surface area contributed by atoms with Gasteiger partial charge in [-0.3, -0.25) is 4.52 Å². The predicted octanol–water partition coefficient (Wildman–Crippen LogP) is -0.421. The van der Waals surface area contributed by atoms with Crippen molar-refractivity contribution in [1.82, 2.24) is 10.1 Å². The summed E-state index contributed by atoms with van der Waals surface area (Å²) in [5, 5.41) is 3.59. The maximum atomic E-state index is 5.25. The molecular formula is C5H9N3O2. The van der Waals surface area contributed by atoms with E-state index < -0.39 is 0 Å². The van der Waals surface area contributed by atoms with Gasteiger partial charge in [-0.25, -0.2) is 0 Å². The fourth-order valence-corrected chi connectivity index (χ4v) is 0.551. The SMILES string of the molecule is COc1nc(CCN)no1. The lowest BCUT2D eigenvalue weighted by Gasteiger charge is -1.84. The highest BCUT2D eigenvalue weighted by molar-refractivity contribution is 4.89. The molecule has 0 amide bonds. The standard InChI is InChI=1S/C5H9N3O2/c1-9-5-7-4(2-3-6)8-10-5/h2-3,6H2,1H3. The second-order valence-corrected chi connectivity index (χ2v) is 1.72. The monoisotopic (exact) mass is 143 g/mol. The summed E-state index contributed by atoms with van der Waals surface area (Å²) in [5.41, 5.74) is 5.25. The molecule has 0 aliphatic heterocycles. The summed E-state index contributed by atoms with van der Waals surface area (Å²) in [6, 6.07) is 0. The van der Waals surface area contributed by atoms with Crippen molar-refractivity contribution >= 4 is 0 Å². The van der Waals surface area contributed by atoms with Crippen molar-refractivity contribution < 1.29 is 9.26 Å². The summed E-state index contributed by atoms with van der Waals surface area (Å²) in [7, 11) is 1.47. The van der Waals surface area contributed by atoms with Crippen molar-refractivity contribution in [3.63, 3.8) is 0 Å². The van der Waals surface area contributed by atoms with Crippen LogP contribution in [0.4, 0.5) is 0 Å². The molecule has 0 spiro atoms. The summed E-state index contributed by atoms with van der Waals surface area (Å²) in [5.74, 6) is 0.583. The second-order valence-electron chi connectivity index (χ2n) is 1.72. The Hall–Kier alpha value is -1.10. The molecule has 1 aromatic heterocycles. The lowest BCUT2D eigenvalue weighted by Crippen LogP contribution is -2.03. The van der Waals surface area contributed by atoms with Gasteiger partial charge in [0.1, 0.15) is 0 Å². The molecule has 0 aliphatic rings. The largest absolute Gasteiger partial charge is 0.452 e. The van der Waals surface area contributed by atoms with Gasteiger partial charge >= 0.3 is 6.08 Å². The number of nitrogens with zero attached hydrogens (tertiary/aromatic N) is 2. The molecule has 1 aromatic rings. The summed E-state index contributed by atoms with van der Waals surface area (Å²) in [4.78, 5) is 3.84. The van der Waals surface area contributed by atoms with Crippen LogP contribution in [0.15, 0.2) is 4.52 Å². The van der Waals surface area contributed by atoms with Crippen LogP contribution in [0.25, 0.3) is 0 Å². The second kappa shape index (κ2) is 3.17. The fraction of sp³-hybridized carbons (Fsp3) is 0.600. The maximum Gasteiger partial charge on any atom is 0.417 e. The minimum atomic E-state index is 0.184. The van der Waals surface area contributed by atoms with E-state index in [0.717, 1.165) is 0 Å². The van der Waals surface area contributed by atoms with Gasteiger partial charge in [0.15, 0.2) is 5.82 Å². The van der Waals surface area contributed by atoms with Crippen LogP contribution in [0.2, 0.25) is 0 Å². The van der Waals surface area contributed by atoms with Crippen LogP contribution in [0.5, 0.6) is 6.08 Å². The Morgan fingerprint density at radius 3 is 3.00 bits per heavy atom. The first kappa shape index (κ1) is 7.01. The van der Waals surface area contributed by atoms with Gasteiger partial charge in [-0.2, -0.15) is 4.98 Å². The fourth-order valence-electron chi connectivity index (χ4n) is 0.551. The lowest BCUT2D eigenvalue weighted by atomic mass is 10.4. The van der Waals surface area contributed by atoms with E-state index in [9.17, 15) is 0 Å². The third-order valence-corrected chi connectivity index (χ3v) is 0.992. The van der Waals surface area contributed by atoms with Gasteiger partial charge in [0, 0.05) is 6.42 Å². The average molecular weight is 143 g/mol. The molecule has 0 bridgehead atoms. The van der Waals surface area contributed by atoms with Crippen LogP contribution >= 0.6 is 0 Å². The van der Waals surface area contributed by atoms with Gasteiger partial charge in [0.2, 0.25) is 0 Å². The molecule has 0 aliphatic carbocycles. The summed E-state index contributed by atoms with van der Waals surface area (Å²) in [6.45, 7) is 0.517. The van der Waals surface area contributed by atoms with E-state index in [4.69, 9.17) is 5.73 Å². The van der Waals surface area contributed by atoms with Gasteiger partial charge in [-0.15, -0.1) is 0 Å². The molecular weight excluding hydrogens is 134 g/mol. The summed E-state index contributed by atoms with van der Waals surface area (Å²) in [6.07, 6.45) is 0.802. The van der Waals surface area contributed by atoms with Crippen LogP contribution < -0.4 is 10.5 Å². The predicted molar refractivity (Wildman–Crippen MR) is 33.6 cm³/mol. The van der Waals surface area contributed by atoms with Crippen molar-refractivity contribution in [3.8, 4) is 6.08 Å². The highest BCUT2D eigenvalue weighted by Crippen LogP contribution is 2.04. The number of nitrogens with two attached hydrogens (primary N) is 1. The zero-order valence-electron chi connectivity index (χ0n) is 5.70. The van der Waals surface area contributed by atoms with Crippen molar-refractivity contribution in [2.24, 2.45) is 5.73 Å². The van der Waals surface area contributed by atoms with Gasteiger partial charge < -0.3 is 10.5 Å². The Bertz CT molecular complexity index is 199. The van der Waals surface area contributed by atoms with E-state index in [1.807, 2.05) is 0 Å². The first-order valence-corrected chi connectivity index (χ1v) is 2.93. The first-order chi connectivity index (χ1) is 4.86. The molecule has 5 nitrogen and oxygen atoms in total. The van der Waals surface area contributed by atoms with Gasteiger partial charge in [0.05, 0.1) is 7.11 Å². The molecule has 10 heavy (non-hydrogen) atoms. The van der Waals surface area contributed by atoms with E-state index in [2.05, 4.69) is 19.4 Å². The van der Waals surface area contributed by atoms with Crippen LogP contribution in [-0.4, -0.2) is 23.8 Å². The number of rotatable bonds is 3. The van der Waals surface area contributed by atoms with E-state index in [1.54, 1.807) is 0 Å². The molecule has 56 valence electrons. The van der Waals surface area contributed by atoms with Gasteiger partial charge in [-0.1, -0.05) is 5.16 Å². The van der Waals surface area contributed by atoms with E-state index in [-0.39, 0.29) is 6.08 Å². The zero-order valence-corrected chi connectivity index (χ0v) is 5.70. The molecule has 0 radical (unpaired) electrons. The molecule has 0 aromatic carbocycles. The Balaban J connectivity index is 2.59. The average Bonchev–Trinajstić information content (AvgIpc) is 2.37. The number of ether oxygens (including phenoxy) is 1. The van der Waals surface area contributed by atoms with Crippen molar-refractivity contribution in [2.45, 2.75) is 6.42 Å². The Morgan fingerprint density at radius 1 is 1.70 bits per heavy atom. The smallest absolute Gasteiger partial charge is 0.417 e. The van der Waals surface area contributed by atoms with Gasteiger partial charge in [-0.05, 0) is 6.54 Å². The molecule has 1 rings (SSSR count). The number of hydrogen-bond acceptors (Lipinski definition) is 5. The van der Waals surface area contributed by atoms with E-state index >= 15 is 0 Å². The normalized spacial score (nSPS) is 9.80. The lowest BCUT2D eigenvalue weighted by molar-refractivity contribution is 0.250. The Kier molecular flexibility index (Phi) is 2.22. The molecule has 0 unspecified atom stereocenters. The molecule has 2 N–H and O–H groups in total. The Morgan fingerprint density at radius 2 is 2.50 bits per heavy atom. The topological polar surface area (TPSA) is 74.2 Å². The van der Waals surface area contributed by atoms with Crippen LogP contribution in [0.3, 0.4) is 0 Å². The number of hydrogen-bond donors (Lipinski definition) is 1. The van der Waals surface area contributed by atoms with Crippen molar-refractivity contribution in [3.05, 3.63) is 5.82 Å². The minimum Gasteiger partial charge on any atom is -0.452 e. The Labute approximate surface area is 58.2 Å². The summed E-state index contributed by atoms with van der Waals surface area (Å²) >= 11 is 0. The van der Waals surface area contributed by atoms with Gasteiger partial charge in [0.25, 0.3) is 0 Å². The third-order valence-electron chi connectivity index (χ3n) is 0.992. The number of methoxy groups -OCH3 is 1. The van der Waals surface area contributed by atoms with Crippen LogP contribution in [0.1, 0.15) is 5.82 Å². The van der Waals surface area contributed by atoms with Crippen molar-refractivity contribution in [1.29, 1.82) is 0 Å². The highest BCUT2D eigenvalue weighted by atomic mass is 16.6. The van der Waals surface area contributed by atoms with Crippen LogP contribution in [0, 0.1) is 0 Å².